The standard InChI is InChI=1S/C12H16FNO/c1-4-9-11(14-3)10-8(13)6-5-7(2)12(10)15-9/h5-6,9,11,14H,4H2,1-3H3. The van der Waals surface area contributed by atoms with Crippen LogP contribution in [-0.2, 0) is 0 Å². The van der Waals surface area contributed by atoms with Crippen molar-refractivity contribution in [3.63, 3.8) is 0 Å². The van der Waals surface area contributed by atoms with Crippen LogP contribution in [-0.4, -0.2) is 13.2 Å². The Morgan fingerprint density at radius 3 is 2.80 bits per heavy atom. The highest BCUT2D eigenvalue weighted by Gasteiger charge is 2.35. The van der Waals surface area contributed by atoms with Gasteiger partial charge in [0.2, 0.25) is 0 Å². The average Bonchev–Trinajstić information content (AvgIpc) is 2.63. The van der Waals surface area contributed by atoms with Crippen LogP contribution in [0.3, 0.4) is 0 Å². The lowest BCUT2D eigenvalue weighted by Gasteiger charge is -2.16. The van der Waals surface area contributed by atoms with Gasteiger partial charge in [0, 0.05) is 0 Å². The van der Waals surface area contributed by atoms with Gasteiger partial charge in [-0.15, -0.1) is 0 Å². The number of nitrogens with one attached hydrogen (secondary N) is 1. The summed E-state index contributed by atoms with van der Waals surface area (Å²) in [6, 6.07) is 3.25. The number of halogens is 1. The molecule has 0 saturated carbocycles. The summed E-state index contributed by atoms with van der Waals surface area (Å²) >= 11 is 0. The van der Waals surface area contributed by atoms with Crippen molar-refractivity contribution in [2.24, 2.45) is 0 Å². The monoisotopic (exact) mass is 209 g/mol. The van der Waals surface area contributed by atoms with Crippen molar-refractivity contribution in [2.45, 2.75) is 32.4 Å². The zero-order valence-electron chi connectivity index (χ0n) is 9.30. The van der Waals surface area contributed by atoms with Gasteiger partial charge in [-0.3, -0.25) is 0 Å². The molecule has 3 heteroatoms. The van der Waals surface area contributed by atoms with E-state index in [-0.39, 0.29) is 18.0 Å². The van der Waals surface area contributed by atoms with Crippen LogP contribution in [0.2, 0.25) is 0 Å². The Morgan fingerprint density at radius 2 is 2.20 bits per heavy atom. The molecule has 0 aliphatic carbocycles. The summed E-state index contributed by atoms with van der Waals surface area (Å²) in [6.07, 6.45) is 0.916. The van der Waals surface area contributed by atoms with Crippen molar-refractivity contribution < 1.29 is 9.13 Å². The Kier molecular flexibility index (Phi) is 2.65. The lowest BCUT2D eigenvalue weighted by molar-refractivity contribution is 0.188. The van der Waals surface area contributed by atoms with Gasteiger partial charge in [-0.05, 0) is 32.0 Å². The lowest BCUT2D eigenvalue weighted by Crippen LogP contribution is -2.28. The Morgan fingerprint density at radius 1 is 1.47 bits per heavy atom. The molecule has 2 rings (SSSR count). The van der Waals surface area contributed by atoms with Crippen molar-refractivity contribution in [1.82, 2.24) is 5.32 Å². The smallest absolute Gasteiger partial charge is 0.131 e. The summed E-state index contributed by atoms with van der Waals surface area (Å²) in [6.45, 7) is 4.00. The third-order valence-corrected chi connectivity index (χ3v) is 3.01. The van der Waals surface area contributed by atoms with E-state index < -0.39 is 0 Å². The van der Waals surface area contributed by atoms with Crippen LogP contribution in [0.5, 0.6) is 5.75 Å². The normalized spacial score (nSPS) is 23.7. The minimum Gasteiger partial charge on any atom is -0.488 e. The van der Waals surface area contributed by atoms with Crippen molar-refractivity contribution in [1.29, 1.82) is 0 Å². The second kappa shape index (κ2) is 3.81. The van der Waals surface area contributed by atoms with Gasteiger partial charge in [0.05, 0.1) is 11.6 Å². The Bertz CT molecular complexity index is 378. The summed E-state index contributed by atoms with van der Waals surface area (Å²) in [5.41, 5.74) is 1.69. The van der Waals surface area contributed by atoms with Crippen LogP contribution in [0, 0.1) is 12.7 Å². The number of benzene rings is 1. The summed E-state index contributed by atoms with van der Waals surface area (Å²) < 4.78 is 19.5. The minimum absolute atomic E-state index is 0.0232. The van der Waals surface area contributed by atoms with Crippen LogP contribution in [0.1, 0.15) is 30.5 Å². The molecule has 0 bridgehead atoms. The highest BCUT2D eigenvalue weighted by Crippen LogP contribution is 2.41. The quantitative estimate of drug-likeness (QED) is 0.808. The number of fused-ring (bicyclic) bond motifs is 1. The molecule has 2 unspecified atom stereocenters. The second-order valence-corrected chi connectivity index (χ2v) is 3.94. The predicted octanol–water partition coefficient (Wildman–Crippen LogP) is 2.57. The Hall–Kier alpha value is -1.09. The Balaban J connectivity index is 2.51. The molecule has 1 N–H and O–H groups in total. The maximum atomic E-state index is 13.7. The molecule has 0 aromatic heterocycles. The fourth-order valence-electron chi connectivity index (χ4n) is 2.19. The average molecular weight is 209 g/mol. The fraction of sp³-hybridized carbons (Fsp3) is 0.500. The van der Waals surface area contributed by atoms with E-state index in [0.717, 1.165) is 17.7 Å². The van der Waals surface area contributed by atoms with E-state index in [9.17, 15) is 4.39 Å². The molecule has 0 fully saturated rings. The molecule has 0 saturated heterocycles. The van der Waals surface area contributed by atoms with E-state index >= 15 is 0 Å². The van der Waals surface area contributed by atoms with Crippen molar-refractivity contribution in [2.75, 3.05) is 7.05 Å². The number of hydrogen-bond donors (Lipinski definition) is 1. The molecule has 2 nitrogen and oxygen atoms in total. The van der Waals surface area contributed by atoms with E-state index in [1.54, 1.807) is 6.07 Å². The van der Waals surface area contributed by atoms with Crippen LogP contribution >= 0.6 is 0 Å². The molecule has 2 atom stereocenters. The van der Waals surface area contributed by atoms with Gasteiger partial charge in [-0.25, -0.2) is 4.39 Å². The highest BCUT2D eigenvalue weighted by molar-refractivity contribution is 5.47. The van der Waals surface area contributed by atoms with E-state index in [2.05, 4.69) is 5.32 Å². The summed E-state index contributed by atoms with van der Waals surface area (Å²) in [4.78, 5) is 0. The first-order chi connectivity index (χ1) is 7.19. The van der Waals surface area contributed by atoms with Crippen molar-refractivity contribution >= 4 is 0 Å². The molecule has 1 heterocycles. The van der Waals surface area contributed by atoms with Gasteiger partial charge < -0.3 is 10.1 Å². The molecule has 15 heavy (non-hydrogen) atoms. The highest BCUT2D eigenvalue weighted by atomic mass is 19.1. The topological polar surface area (TPSA) is 21.3 Å². The molecule has 0 spiro atoms. The van der Waals surface area contributed by atoms with Crippen LogP contribution in [0.25, 0.3) is 0 Å². The van der Waals surface area contributed by atoms with Crippen LogP contribution in [0.15, 0.2) is 12.1 Å². The molecule has 1 aliphatic rings. The van der Waals surface area contributed by atoms with Gasteiger partial charge >= 0.3 is 0 Å². The third kappa shape index (κ3) is 1.51. The molecule has 1 aromatic rings. The number of likely N-dealkylation sites (N-methyl/N-ethyl adjacent to an activating group) is 1. The van der Waals surface area contributed by atoms with Crippen molar-refractivity contribution in [3.05, 3.63) is 29.1 Å². The minimum atomic E-state index is -0.175. The maximum absolute atomic E-state index is 13.7. The summed E-state index contributed by atoms with van der Waals surface area (Å²) in [5.74, 6) is 0.548. The second-order valence-electron chi connectivity index (χ2n) is 3.94. The zero-order chi connectivity index (χ0) is 11.0. The van der Waals surface area contributed by atoms with Gasteiger partial charge in [-0.1, -0.05) is 13.0 Å². The third-order valence-electron chi connectivity index (χ3n) is 3.01. The SMILES string of the molecule is CCC1Oc2c(C)ccc(F)c2C1NC. The fourth-order valence-corrected chi connectivity index (χ4v) is 2.19. The molecular formula is C12H16FNO. The lowest BCUT2D eigenvalue weighted by atomic mass is 10.00. The van der Waals surface area contributed by atoms with Crippen LogP contribution in [0.4, 0.5) is 4.39 Å². The molecular weight excluding hydrogens is 193 g/mol. The summed E-state index contributed by atoms with van der Waals surface area (Å²) in [5, 5.41) is 3.12. The van der Waals surface area contributed by atoms with E-state index in [0.29, 0.717) is 5.56 Å². The van der Waals surface area contributed by atoms with Gasteiger partial charge in [-0.2, -0.15) is 0 Å². The van der Waals surface area contributed by atoms with Crippen molar-refractivity contribution in [3.8, 4) is 5.75 Å². The molecule has 0 radical (unpaired) electrons. The molecule has 1 aromatic carbocycles. The van der Waals surface area contributed by atoms with Crippen LogP contribution < -0.4 is 10.1 Å². The first-order valence-electron chi connectivity index (χ1n) is 5.32. The first-order valence-corrected chi connectivity index (χ1v) is 5.32. The number of aryl methyl sites for hydroxylation is 1. The first kappa shape index (κ1) is 10.4. The number of ether oxygens (including phenoxy) is 1. The van der Waals surface area contributed by atoms with Gasteiger partial charge in [0.15, 0.2) is 0 Å². The predicted molar refractivity (Wildman–Crippen MR) is 57.6 cm³/mol. The molecule has 0 amide bonds. The Labute approximate surface area is 89.4 Å². The van der Waals surface area contributed by atoms with E-state index in [1.807, 2.05) is 20.9 Å². The van der Waals surface area contributed by atoms with Gasteiger partial charge in [0.1, 0.15) is 17.7 Å². The van der Waals surface area contributed by atoms with E-state index in [1.165, 1.54) is 6.07 Å². The number of hydrogen-bond acceptors (Lipinski definition) is 2. The zero-order valence-corrected chi connectivity index (χ0v) is 9.30. The maximum Gasteiger partial charge on any atom is 0.131 e. The summed E-state index contributed by atoms with van der Waals surface area (Å²) in [7, 11) is 1.84. The van der Waals surface area contributed by atoms with E-state index in [4.69, 9.17) is 4.74 Å². The molecule has 82 valence electrons. The number of rotatable bonds is 2. The molecule has 1 aliphatic heterocycles. The largest absolute Gasteiger partial charge is 0.488 e. The van der Waals surface area contributed by atoms with Gasteiger partial charge in [0.25, 0.3) is 0 Å².